The first-order valence-corrected chi connectivity index (χ1v) is 12.1. The first-order chi connectivity index (χ1) is 15.8. The van der Waals surface area contributed by atoms with Crippen LogP contribution >= 0.6 is 0 Å². The van der Waals surface area contributed by atoms with Crippen molar-refractivity contribution >= 4 is 21.7 Å². The summed E-state index contributed by atoms with van der Waals surface area (Å²) in [6.07, 6.45) is 2.27. The second-order valence-electron chi connectivity index (χ2n) is 7.73. The van der Waals surface area contributed by atoms with E-state index in [0.29, 0.717) is 49.1 Å². The number of anilines is 1. The third-order valence-electron chi connectivity index (χ3n) is 4.91. The summed E-state index contributed by atoms with van der Waals surface area (Å²) in [6.45, 7) is 4.98. The summed E-state index contributed by atoms with van der Waals surface area (Å²) in [4.78, 5) is 16.8. The van der Waals surface area contributed by atoms with Gasteiger partial charge in [0, 0.05) is 31.8 Å². The molecule has 176 valence electrons. The minimum atomic E-state index is -3.99. The number of nitriles is 1. The van der Waals surface area contributed by atoms with Crippen LogP contribution < -0.4 is 24.8 Å². The summed E-state index contributed by atoms with van der Waals surface area (Å²) >= 11 is 0. The molecule has 3 rings (SSSR count). The Morgan fingerprint density at radius 3 is 2.67 bits per heavy atom. The molecule has 2 heterocycles. The van der Waals surface area contributed by atoms with Crippen LogP contribution in [0.25, 0.3) is 0 Å². The van der Waals surface area contributed by atoms with Crippen LogP contribution in [0, 0.1) is 17.2 Å². The second-order valence-corrected chi connectivity index (χ2v) is 9.45. The van der Waals surface area contributed by atoms with Crippen LogP contribution in [0.4, 0.5) is 5.82 Å². The van der Waals surface area contributed by atoms with E-state index in [1.165, 1.54) is 12.1 Å². The van der Waals surface area contributed by atoms with E-state index < -0.39 is 22.0 Å². The van der Waals surface area contributed by atoms with Crippen molar-refractivity contribution in [2.45, 2.75) is 31.2 Å². The Morgan fingerprint density at radius 2 is 1.94 bits per heavy atom. The molecule has 10 nitrogen and oxygen atoms in total. The van der Waals surface area contributed by atoms with E-state index in [2.05, 4.69) is 20.3 Å². The van der Waals surface area contributed by atoms with Crippen LogP contribution in [0.5, 0.6) is 11.5 Å². The number of fused-ring (bicyclic) bond motifs is 1. The van der Waals surface area contributed by atoms with Gasteiger partial charge in [-0.25, -0.2) is 13.4 Å². The molecule has 11 heteroatoms. The fraction of sp³-hybridized carbons (Fsp3) is 0.409. The molecule has 0 aliphatic carbocycles. The zero-order valence-corrected chi connectivity index (χ0v) is 19.3. The zero-order valence-electron chi connectivity index (χ0n) is 18.5. The molecule has 1 unspecified atom stereocenters. The van der Waals surface area contributed by atoms with Crippen LogP contribution in [0.1, 0.15) is 25.8 Å². The van der Waals surface area contributed by atoms with Gasteiger partial charge >= 0.3 is 0 Å². The number of amides is 1. The Bertz CT molecular complexity index is 1130. The number of rotatable bonds is 9. The largest absolute Gasteiger partial charge is 0.490 e. The summed E-state index contributed by atoms with van der Waals surface area (Å²) < 4.78 is 39.6. The van der Waals surface area contributed by atoms with Gasteiger partial charge in [0.1, 0.15) is 17.9 Å². The number of nitrogens with one attached hydrogen (secondary N) is 3. The summed E-state index contributed by atoms with van der Waals surface area (Å²) in [7, 11) is -3.99. The van der Waals surface area contributed by atoms with Gasteiger partial charge in [-0.2, -0.15) is 9.98 Å². The highest BCUT2D eigenvalue weighted by Gasteiger charge is 2.29. The Morgan fingerprint density at radius 1 is 1.18 bits per heavy atom. The number of hydrogen-bond donors (Lipinski definition) is 3. The van der Waals surface area contributed by atoms with E-state index in [0.717, 1.165) is 0 Å². The average Bonchev–Trinajstić information content (AvgIpc) is 3.05. The molecule has 0 saturated carbocycles. The number of hydrogen-bond acceptors (Lipinski definition) is 8. The number of benzene rings is 1. The van der Waals surface area contributed by atoms with Gasteiger partial charge in [0.15, 0.2) is 11.5 Å². The molecule has 0 bridgehead atoms. The fourth-order valence-corrected chi connectivity index (χ4v) is 4.51. The molecule has 1 aromatic carbocycles. The summed E-state index contributed by atoms with van der Waals surface area (Å²) in [6, 6.07) is 8.74. The molecular weight excluding hydrogens is 446 g/mol. The average molecular weight is 474 g/mol. The molecule has 1 atom stereocenters. The number of carbonyl (C=O) groups is 1. The van der Waals surface area contributed by atoms with Gasteiger partial charge in [0.25, 0.3) is 0 Å². The molecular formula is C22H27N5O5S. The molecule has 0 fully saturated rings. The van der Waals surface area contributed by atoms with Crippen molar-refractivity contribution in [2.75, 3.05) is 31.6 Å². The fourth-order valence-electron chi connectivity index (χ4n) is 3.15. The highest BCUT2D eigenvalue weighted by Crippen LogP contribution is 2.32. The molecule has 0 saturated heterocycles. The van der Waals surface area contributed by atoms with Gasteiger partial charge in [-0.15, -0.1) is 0 Å². The van der Waals surface area contributed by atoms with Gasteiger partial charge < -0.3 is 20.1 Å². The number of sulfonamides is 1. The molecule has 3 N–H and O–H groups in total. The molecule has 0 radical (unpaired) electrons. The van der Waals surface area contributed by atoms with E-state index >= 15 is 0 Å². The third kappa shape index (κ3) is 6.34. The minimum Gasteiger partial charge on any atom is -0.490 e. The Hall–Kier alpha value is -3.36. The lowest BCUT2D eigenvalue weighted by Gasteiger charge is -2.22. The van der Waals surface area contributed by atoms with E-state index in [4.69, 9.17) is 14.7 Å². The second kappa shape index (κ2) is 11.0. The van der Waals surface area contributed by atoms with Crippen molar-refractivity contribution in [1.82, 2.24) is 15.0 Å². The van der Waals surface area contributed by atoms with Crippen molar-refractivity contribution < 1.29 is 22.7 Å². The maximum atomic E-state index is 13.0. The summed E-state index contributed by atoms with van der Waals surface area (Å²) in [5.74, 6) is 0.521. The van der Waals surface area contributed by atoms with E-state index in [9.17, 15) is 13.2 Å². The van der Waals surface area contributed by atoms with Crippen molar-refractivity contribution in [2.24, 2.45) is 5.92 Å². The van der Waals surface area contributed by atoms with E-state index in [1.54, 1.807) is 38.2 Å². The Labute approximate surface area is 193 Å². The number of pyridine rings is 1. The normalized spacial score (nSPS) is 14.1. The predicted octanol–water partition coefficient (Wildman–Crippen LogP) is 1.65. The van der Waals surface area contributed by atoms with E-state index in [-0.39, 0.29) is 17.4 Å². The van der Waals surface area contributed by atoms with Gasteiger partial charge in [-0.3, -0.25) is 4.79 Å². The molecule has 1 aliphatic heterocycles. The minimum absolute atomic E-state index is 0.00829. The highest BCUT2D eigenvalue weighted by molar-refractivity contribution is 7.89. The van der Waals surface area contributed by atoms with Crippen LogP contribution in [0.2, 0.25) is 0 Å². The lowest BCUT2D eigenvalue weighted by atomic mass is 10.1. The number of aromatic nitrogens is 1. The van der Waals surface area contributed by atoms with Crippen molar-refractivity contribution in [1.29, 1.82) is 5.26 Å². The predicted molar refractivity (Wildman–Crippen MR) is 121 cm³/mol. The topological polar surface area (TPSA) is 142 Å². The van der Waals surface area contributed by atoms with Crippen LogP contribution in [-0.2, 0) is 14.8 Å². The maximum absolute atomic E-state index is 13.0. The smallest absolute Gasteiger partial charge is 0.241 e. The van der Waals surface area contributed by atoms with E-state index in [1.807, 2.05) is 6.07 Å². The van der Waals surface area contributed by atoms with Gasteiger partial charge in [-0.1, -0.05) is 13.8 Å². The third-order valence-corrected chi connectivity index (χ3v) is 6.34. The first-order valence-electron chi connectivity index (χ1n) is 10.6. The first kappa shape index (κ1) is 24.3. The van der Waals surface area contributed by atoms with Gasteiger partial charge in [0.05, 0.1) is 23.7 Å². The summed E-state index contributed by atoms with van der Waals surface area (Å²) in [5, 5.41) is 14.8. The monoisotopic (exact) mass is 473 g/mol. The number of carbonyl (C=O) groups excluding carboxylic acids is 1. The SMILES string of the molecule is CC(C)C(NS(=O)(=O)c1ccc2c(c1)OCCCO2)C(=O)NCCNc1ncccc1C#N. The van der Waals surface area contributed by atoms with Gasteiger partial charge in [-0.05, 0) is 30.2 Å². The molecule has 1 aromatic heterocycles. The Balaban J connectivity index is 1.61. The van der Waals surface area contributed by atoms with Crippen LogP contribution in [0.3, 0.4) is 0 Å². The lowest BCUT2D eigenvalue weighted by Crippen LogP contribution is -2.50. The maximum Gasteiger partial charge on any atom is 0.241 e. The molecule has 1 amide bonds. The number of nitrogens with zero attached hydrogens (tertiary/aromatic N) is 2. The molecule has 1 aliphatic rings. The van der Waals surface area contributed by atoms with Crippen molar-refractivity contribution in [3.63, 3.8) is 0 Å². The molecule has 0 spiro atoms. The quantitative estimate of drug-likeness (QED) is 0.467. The standard InChI is InChI=1S/C22H27N5O5S/c1-15(2)20(22(28)26-10-9-25-21-16(14-23)5-3-8-24-21)27-33(29,30)17-6-7-18-19(13-17)32-12-4-11-31-18/h3,5-8,13,15,20,27H,4,9-12H2,1-2H3,(H,24,25)(H,26,28). The lowest BCUT2D eigenvalue weighted by molar-refractivity contribution is -0.123. The zero-order chi connectivity index (χ0) is 23.8. The van der Waals surface area contributed by atoms with Crippen molar-refractivity contribution in [3.8, 4) is 17.6 Å². The van der Waals surface area contributed by atoms with Crippen molar-refractivity contribution in [3.05, 3.63) is 42.1 Å². The molecule has 2 aromatic rings. The Kier molecular flexibility index (Phi) is 8.08. The highest BCUT2D eigenvalue weighted by atomic mass is 32.2. The van der Waals surface area contributed by atoms with Gasteiger partial charge in [0.2, 0.25) is 15.9 Å². The molecule has 33 heavy (non-hydrogen) atoms. The summed E-state index contributed by atoms with van der Waals surface area (Å²) in [5.41, 5.74) is 0.395. The number of ether oxygens (including phenoxy) is 2. The van der Waals surface area contributed by atoms with Crippen LogP contribution in [-0.4, -0.2) is 51.7 Å². The van der Waals surface area contributed by atoms with Crippen LogP contribution in [0.15, 0.2) is 41.4 Å².